The highest BCUT2D eigenvalue weighted by Crippen LogP contribution is 2.22. The maximum absolute atomic E-state index is 10.3. The number of hydrogen-bond acceptors (Lipinski definition) is 2. The molecule has 2 heteroatoms. The molecule has 102 valence electrons. The molecule has 3 unspecified atom stereocenters. The van der Waals surface area contributed by atoms with Crippen LogP contribution in [0.25, 0.3) is 0 Å². The van der Waals surface area contributed by atoms with E-state index in [1.54, 1.807) is 0 Å². The van der Waals surface area contributed by atoms with Crippen LogP contribution in [-0.4, -0.2) is 17.8 Å². The molecule has 3 atom stereocenters. The Labute approximate surface area is 111 Å². The van der Waals surface area contributed by atoms with Crippen molar-refractivity contribution in [3.8, 4) is 0 Å². The Bertz CT molecular complexity index is 310. The van der Waals surface area contributed by atoms with Gasteiger partial charge < -0.3 is 9.84 Å². The maximum atomic E-state index is 10.3. The van der Waals surface area contributed by atoms with Crippen LogP contribution in [0.5, 0.6) is 0 Å². The van der Waals surface area contributed by atoms with Gasteiger partial charge in [-0.3, -0.25) is 0 Å². The second kappa shape index (κ2) is 8.28. The Morgan fingerprint density at radius 3 is 2.39 bits per heavy atom. The van der Waals surface area contributed by atoms with Crippen molar-refractivity contribution in [3.05, 3.63) is 35.9 Å². The number of ether oxygens (including phenoxy) is 1. The van der Waals surface area contributed by atoms with Gasteiger partial charge in [0.05, 0.1) is 6.10 Å². The van der Waals surface area contributed by atoms with Crippen LogP contribution in [0.15, 0.2) is 30.3 Å². The minimum absolute atomic E-state index is 0.105. The van der Waals surface area contributed by atoms with Crippen LogP contribution in [0.1, 0.15) is 51.7 Å². The Hall–Kier alpha value is -0.860. The van der Waals surface area contributed by atoms with Crippen LogP contribution >= 0.6 is 0 Å². The molecule has 0 saturated heterocycles. The summed E-state index contributed by atoms with van der Waals surface area (Å²) in [6.07, 6.45) is 2.56. The molecule has 0 aliphatic rings. The zero-order valence-corrected chi connectivity index (χ0v) is 11.8. The maximum Gasteiger partial charge on any atom is 0.105 e. The van der Waals surface area contributed by atoms with E-state index >= 15 is 0 Å². The van der Waals surface area contributed by atoms with E-state index in [2.05, 4.69) is 20.8 Å². The molecule has 1 N–H and O–H groups in total. The van der Waals surface area contributed by atoms with Crippen molar-refractivity contribution in [2.45, 2.75) is 52.2 Å². The predicted molar refractivity (Wildman–Crippen MR) is 75.5 cm³/mol. The first-order chi connectivity index (χ1) is 8.69. The number of rotatable bonds is 8. The molecule has 18 heavy (non-hydrogen) atoms. The first kappa shape index (κ1) is 15.2. The third kappa shape index (κ3) is 4.79. The molecule has 0 amide bonds. The second-order valence-corrected chi connectivity index (χ2v) is 5.03. The zero-order chi connectivity index (χ0) is 13.4. The Morgan fingerprint density at radius 1 is 1.17 bits per heavy atom. The van der Waals surface area contributed by atoms with Gasteiger partial charge in [-0.05, 0) is 24.3 Å². The lowest BCUT2D eigenvalue weighted by atomic mass is 10.0. The van der Waals surface area contributed by atoms with Crippen molar-refractivity contribution in [1.29, 1.82) is 0 Å². The topological polar surface area (TPSA) is 29.5 Å². The fourth-order valence-corrected chi connectivity index (χ4v) is 2.16. The number of aliphatic hydroxyl groups is 1. The highest BCUT2D eigenvalue weighted by Gasteiger charge is 2.20. The standard InChI is InChI=1S/C16H26O2/c1-4-9-13(3)12-18-15(5-2)16(17)14-10-7-6-8-11-14/h6-8,10-11,13,15-17H,4-5,9,12H2,1-3H3. The van der Waals surface area contributed by atoms with Gasteiger partial charge in [0.15, 0.2) is 0 Å². The summed E-state index contributed by atoms with van der Waals surface area (Å²) < 4.78 is 5.87. The van der Waals surface area contributed by atoms with Crippen LogP contribution in [-0.2, 0) is 4.74 Å². The summed E-state index contributed by atoms with van der Waals surface area (Å²) in [5, 5.41) is 10.3. The summed E-state index contributed by atoms with van der Waals surface area (Å²) in [5.41, 5.74) is 0.937. The van der Waals surface area contributed by atoms with Crippen molar-refractivity contribution in [2.24, 2.45) is 5.92 Å². The lowest BCUT2D eigenvalue weighted by molar-refractivity contribution is -0.0516. The zero-order valence-electron chi connectivity index (χ0n) is 11.8. The van der Waals surface area contributed by atoms with Gasteiger partial charge in [0, 0.05) is 6.61 Å². The molecule has 0 fully saturated rings. The first-order valence-electron chi connectivity index (χ1n) is 7.03. The molecule has 2 nitrogen and oxygen atoms in total. The monoisotopic (exact) mass is 250 g/mol. The van der Waals surface area contributed by atoms with Gasteiger partial charge in [0.2, 0.25) is 0 Å². The Morgan fingerprint density at radius 2 is 1.83 bits per heavy atom. The quantitative estimate of drug-likeness (QED) is 0.757. The molecule has 0 spiro atoms. The van der Waals surface area contributed by atoms with Gasteiger partial charge in [-0.2, -0.15) is 0 Å². The van der Waals surface area contributed by atoms with Crippen LogP contribution in [0.3, 0.4) is 0 Å². The molecule has 0 bridgehead atoms. The smallest absolute Gasteiger partial charge is 0.105 e. The van der Waals surface area contributed by atoms with Crippen molar-refractivity contribution in [3.63, 3.8) is 0 Å². The molecule has 1 rings (SSSR count). The van der Waals surface area contributed by atoms with Crippen molar-refractivity contribution < 1.29 is 9.84 Å². The summed E-state index contributed by atoms with van der Waals surface area (Å²) in [7, 11) is 0. The van der Waals surface area contributed by atoms with E-state index in [0.717, 1.165) is 18.6 Å². The van der Waals surface area contributed by atoms with Gasteiger partial charge in [0.1, 0.15) is 6.10 Å². The Balaban J connectivity index is 2.50. The minimum atomic E-state index is -0.523. The first-order valence-corrected chi connectivity index (χ1v) is 7.03. The van der Waals surface area contributed by atoms with E-state index in [4.69, 9.17) is 4.74 Å². The highest BCUT2D eigenvalue weighted by molar-refractivity contribution is 5.18. The second-order valence-electron chi connectivity index (χ2n) is 5.03. The largest absolute Gasteiger partial charge is 0.386 e. The van der Waals surface area contributed by atoms with E-state index < -0.39 is 6.10 Å². The van der Waals surface area contributed by atoms with Crippen LogP contribution < -0.4 is 0 Å². The molecule has 0 saturated carbocycles. The summed E-state index contributed by atoms with van der Waals surface area (Å²) in [5.74, 6) is 0.562. The summed E-state index contributed by atoms with van der Waals surface area (Å²) in [6.45, 7) is 7.18. The van der Waals surface area contributed by atoms with Gasteiger partial charge in [-0.1, -0.05) is 57.5 Å². The molecule has 0 aliphatic carbocycles. The van der Waals surface area contributed by atoms with Gasteiger partial charge in [-0.25, -0.2) is 0 Å². The Kier molecular flexibility index (Phi) is 6.99. The predicted octanol–water partition coefficient (Wildman–Crippen LogP) is 3.95. The number of aliphatic hydroxyl groups excluding tert-OH is 1. The van der Waals surface area contributed by atoms with E-state index in [9.17, 15) is 5.11 Å². The minimum Gasteiger partial charge on any atom is -0.386 e. The lowest BCUT2D eigenvalue weighted by Gasteiger charge is -2.24. The number of hydrogen-bond donors (Lipinski definition) is 1. The molecule has 1 aromatic carbocycles. The third-order valence-corrected chi connectivity index (χ3v) is 3.27. The normalized spacial score (nSPS) is 16.2. The molecule has 1 aromatic rings. The summed E-state index contributed by atoms with van der Waals surface area (Å²) >= 11 is 0. The van der Waals surface area contributed by atoms with Crippen LogP contribution in [0, 0.1) is 5.92 Å². The molecular formula is C16H26O2. The van der Waals surface area contributed by atoms with Crippen molar-refractivity contribution in [2.75, 3.05) is 6.61 Å². The molecule has 0 heterocycles. The SMILES string of the molecule is CCCC(C)COC(CC)C(O)c1ccccc1. The van der Waals surface area contributed by atoms with Gasteiger partial charge in [0.25, 0.3) is 0 Å². The van der Waals surface area contributed by atoms with Crippen molar-refractivity contribution in [1.82, 2.24) is 0 Å². The fourth-order valence-electron chi connectivity index (χ4n) is 2.16. The highest BCUT2D eigenvalue weighted by atomic mass is 16.5. The average molecular weight is 250 g/mol. The van der Waals surface area contributed by atoms with Gasteiger partial charge in [-0.15, -0.1) is 0 Å². The molecule has 0 aromatic heterocycles. The molecule has 0 radical (unpaired) electrons. The molecule has 0 aliphatic heterocycles. The van der Waals surface area contributed by atoms with E-state index in [0.29, 0.717) is 5.92 Å². The average Bonchev–Trinajstić information content (AvgIpc) is 2.40. The third-order valence-electron chi connectivity index (χ3n) is 3.27. The fraction of sp³-hybridized carbons (Fsp3) is 0.625. The van der Waals surface area contributed by atoms with Crippen molar-refractivity contribution >= 4 is 0 Å². The van der Waals surface area contributed by atoms with E-state index in [1.165, 1.54) is 12.8 Å². The lowest BCUT2D eigenvalue weighted by Crippen LogP contribution is -2.24. The summed E-state index contributed by atoms with van der Waals surface area (Å²) in [4.78, 5) is 0. The van der Waals surface area contributed by atoms with Crippen LogP contribution in [0.2, 0.25) is 0 Å². The molecular weight excluding hydrogens is 224 g/mol. The van der Waals surface area contributed by atoms with E-state index in [1.807, 2.05) is 30.3 Å². The van der Waals surface area contributed by atoms with Gasteiger partial charge >= 0.3 is 0 Å². The number of benzene rings is 1. The van der Waals surface area contributed by atoms with E-state index in [-0.39, 0.29) is 6.10 Å². The summed E-state index contributed by atoms with van der Waals surface area (Å²) in [6, 6.07) is 9.76. The van der Waals surface area contributed by atoms with Crippen LogP contribution in [0.4, 0.5) is 0 Å².